The summed E-state index contributed by atoms with van der Waals surface area (Å²) in [5.74, 6) is 0.0977. The van der Waals surface area contributed by atoms with Crippen LogP contribution in [0.5, 0.6) is 5.75 Å². The third kappa shape index (κ3) is 4.51. The summed E-state index contributed by atoms with van der Waals surface area (Å²) >= 11 is 1.54. The topological polar surface area (TPSA) is 61.7 Å². The Hall–Kier alpha value is -2.66. The zero-order valence-electron chi connectivity index (χ0n) is 17.8. The van der Waals surface area contributed by atoms with E-state index in [1.807, 2.05) is 41.8 Å². The van der Waals surface area contributed by atoms with E-state index in [2.05, 4.69) is 52.1 Å². The number of amides is 1. The molecule has 1 amide bonds. The Balaban J connectivity index is 1.89. The largest absolute Gasteiger partial charge is 0.507 e. The minimum Gasteiger partial charge on any atom is -0.507 e. The van der Waals surface area contributed by atoms with E-state index >= 15 is 0 Å². The number of benzene rings is 2. The highest BCUT2D eigenvalue weighted by Gasteiger charge is 2.26. The van der Waals surface area contributed by atoms with Crippen LogP contribution in [0.2, 0.25) is 0 Å². The number of rotatable bonds is 3. The molecule has 0 unspecified atom stereocenters. The molecule has 0 aliphatic rings. The molecule has 4 nitrogen and oxygen atoms in total. The van der Waals surface area contributed by atoms with Crippen molar-refractivity contribution < 1.29 is 9.90 Å². The third-order valence-electron chi connectivity index (χ3n) is 4.85. The van der Waals surface area contributed by atoms with Crippen molar-refractivity contribution in [3.63, 3.8) is 0 Å². The highest BCUT2D eigenvalue weighted by atomic mass is 32.1. The first kappa shape index (κ1) is 21.1. The fourth-order valence-electron chi connectivity index (χ4n) is 3.25. The van der Waals surface area contributed by atoms with Gasteiger partial charge in [0.15, 0.2) is 0 Å². The summed E-state index contributed by atoms with van der Waals surface area (Å²) in [6.45, 7) is 12.4. The Morgan fingerprint density at radius 1 is 1.03 bits per heavy atom. The van der Waals surface area contributed by atoms with Crippen LogP contribution < -0.4 is 5.43 Å². The SMILES string of the molecule is CC(C)(C)c1cc(C=NNC(=O)c2csc3ccccc23)cc(C(C)(C)C)c1O. The maximum atomic E-state index is 12.6. The van der Waals surface area contributed by atoms with E-state index in [-0.39, 0.29) is 16.7 Å². The van der Waals surface area contributed by atoms with Gasteiger partial charge in [0.25, 0.3) is 5.91 Å². The van der Waals surface area contributed by atoms with E-state index < -0.39 is 0 Å². The van der Waals surface area contributed by atoms with Gasteiger partial charge in [-0.3, -0.25) is 4.79 Å². The Morgan fingerprint density at radius 3 is 2.21 bits per heavy atom. The van der Waals surface area contributed by atoms with Crippen LogP contribution in [-0.4, -0.2) is 17.2 Å². The van der Waals surface area contributed by atoms with Crippen molar-refractivity contribution >= 4 is 33.5 Å². The third-order valence-corrected chi connectivity index (χ3v) is 5.82. The molecule has 1 heterocycles. The first-order chi connectivity index (χ1) is 13.5. The highest BCUT2D eigenvalue weighted by Crippen LogP contribution is 2.39. The lowest BCUT2D eigenvalue weighted by atomic mass is 9.78. The van der Waals surface area contributed by atoms with Crippen molar-refractivity contribution in [2.45, 2.75) is 52.4 Å². The molecule has 2 aromatic carbocycles. The van der Waals surface area contributed by atoms with E-state index in [9.17, 15) is 9.90 Å². The predicted octanol–water partition coefficient (Wildman–Crippen LogP) is 5.97. The summed E-state index contributed by atoms with van der Waals surface area (Å²) in [7, 11) is 0. The second kappa shape index (κ2) is 7.64. The molecule has 3 rings (SSSR count). The number of carbonyl (C=O) groups is 1. The number of thiophene rings is 1. The molecule has 0 saturated carbocycles. The molecular formula is C24H28N2O2S. The van der Waals surface area contributed by atoms with Crippen molar-refractivity contribution in [1.29, 1.82) is 0 Å². The van der Waals surface area contributed by atoms with Crippen LogP contribution in [0, 0.1) is 0 Å². The Kier molecular flexibility index (Phi) is 5.54. The second-order valence-corrected chi connectivity index (χ2v) is 10.2. The van der Waals surface area contributed by atoms with Crippen LogP contribution in [0.1, 0.15) is 68.6 Å². The van der Waals surface area contributed by atoms with Gasteiger partial charge >= 0.3 is 0 Å². The van der Waals surface area contributed by atoms with Gasteiger partial charge in [-0.1, -0.05) is 59.7 Å². The van der Waals surface area contributed by atoms with Gasteiger partial charge in [0.1, 0.15) is 5.75 Å². The number of nitrogens with zero attached hydrogens (tertiary/aromatic N) is 1. The van der Waals surface area contributed by atoms with Crippen molar-refractivity contribution in [3.8, 4) is 5.75 Å². The minimum absolute atomic E-state index is 0.216. The summed E-state index contributed by atoms with van der Waals surface area (Å²) in [5, 5.41) is 17.8. The Bertz CT molecular complexity index is 1050. The molecule has 1 aromatic heterocycles. The van der Waals surface area contributed by atoms with Crippen molar-refractivity contribution in [1.82, 2.24) is 5.43 Å². The molecule has 0 saturated heterocycles. The molecule has 2 N–H and O–H groups in total. The average Bonchev–Trinajstić information content (AvgIpc) is 3.05. The van der Waals surface area contributed by atoms with E-state index in [1.165, 1.54) is 0 Å². The monoisotopic (exact) mass is 408 g/mol. The lowest BCUT2D eigenvalue weighted by Gasteiger charge is -2.27. The first-order valence-electron chi connectivity index (χ1n) is 9.66. The molecule has 0 atom stereocenters. The van der Waals surface area contributed by atoms with Crippen molar-refractivity contribution in [2.24, 2.45) is 5.10 Å². The zero-order chi connectivity index (χ0) is 21.4. The summed E-state index contributed by atoms with van der Waals surface area (Å²) in [5.41, 5.74) is 5.39. The predicted molar refractivity (Wildman–Crippen MR) is 122 cm³/mol. The quantitative estimate of drug-likeness (QED) is 0.414. The number of hydrogen-bond donors (Lipinski definition) is 2. The fraction of sp³-hybridized carbons (Fsp3) is 0.333. The second-order valence-electron chi connectivity index (χ2n) is 9.31. The normalized spacial score (nSPS) is 12.6. The molecule has 152 valence electrons. The lowest BCUT2D eigenvalue weighted by Crippen LogP contribution is -2.19. The average molecular weight is 409 g/mol. The maximum Gasteiger partial charge on any atom is 0.272 e. The van der Waals surface area contributed by atoms with Crippen LogP contribution in [0.4, 0.5) is 0 Å². The standard InChI is InChI=1S/C24H28N2O2S/c1-23(2,3)18-11-15(12-19(21(18)27)24(4,5)6)13-25-26-22(28)17-14-29-20-10-8-7-9-16(17)20/h7-14,27H,1-6H3,(H,26,28). The van der Waals surface area contributed by atoms with Crippen molar-refractivity contribution in [3.05, 3.63) is 64.0 Å². The van der Waals surface area contributed by atoms with Crippen LogP contribution in [-0.2, 0) is 10.8 Å². The number of carbonyl (C=O) groups excluding carboxylic acids is 1. The minimum atomic E-state index is -0.232. The molecule has 0 aliphatic carbocycles. The van der Waals surface area contributed by atoms with Gasteiger partial charge in [-0.05, 0) is 34.6 Å². The van der Waals surface area contributed by atoms with Crippen LogP contribution in [0.25, 0.3) is 10.1 Å². The first-order valence-corrected chi connectivity index (χ1v) is 10.5. The summed E-state index contributed by atoms with van der Waals surface area (Å²) in [6, 6.07) is 11.7. The van der Waals surface area contributed by atoms with Crippen LogP contribution >= 0.6 is 11.3 Å². The number of aromatic hydroxyl groups is 1. The number of fused-ring (bicyclic) bond motifs is 1. The molecule has 0 fully saturated rings. The molecule has 0 spiro atoms. The van der Waals surface area contributed by atoms with E-state index in [1.54, 1.807) is 17.6 Å². The number of hydrazone groups is 1. The number of hydrogen-bond acceptors (Lipinski definition) is 4. The number of phenolic OH excluding ortho intramolecular Hbond substituents is 1. The van der Waals surface area contributed by atoms with Crippen molar-refractivity contribution in [2.75, 3.05) is 0 Å². The maximum absolute atomic E-state index is 12.6. The Morgan fingerprint density at radius 2 is 1.62 bits per heavy atom. The van der Waals surface area contributed by atoms with Crippen LogP contribution in [0.3, 0.4) is 0 Å². The lowest BCUT2D eigenvalue weighted by molar-refractivity contribution is 0.0957. The van der Waals surface area contributed by atoms with E-state index in [0.29, 0.717) is 11.3 Å². The van der Waals surface area contributed by atoms with Crippen LogP contribution in [0.15, 0.2) is 46.9 Å². The van der Waals surface area contributed by atoms with Gasteiger partial charge in [-0.25, -0.2) is 5.43 Å². The Labute approximate surface area is 176 Å². The summed E-state index contributed by atoms with van der Waals surface area (Å²) in [6.07, 6.45) is 1.64. The molecule has 0 bridgehead atoms. The molecule has 29 heavy (non-hydrogen) atoms. The van der Waals surface area contributed by atoms with E-state index in [0.717, 1.165) is 26.8 Å². The zero-order valence-corrected chi connectivity index (χ0v) is 18.6. The number of nitrogens with one attached hydrogen (secondary N) is 1. The van der Waals surface area contributed by atoms with Gasteiger partial charge in [0.05, 0.1) is 11.8 Å². The molecule has 3 aromatic rings. The summed E-state index contributed by atoms with van der Waals surface area (Å²) < 4.78 is 1.07. The van der Waals surface area contributed by atoms with Gasteiger partial charge in [-0.15, -0.1) is 11.3 Å². The van der Waals surface area contributed by atoms with Gasteiger partial charge < -0.3 is 5.11 Å². The molecule has 0 radical (unpaired) electrons. The highest BCUT2D eigenvalue weighted by molar-refractivity contribution is 7.17. The van der Waals surface area contributed by atoms with Gasteiger partial charge in [-0.2, -0.15) is 5.10 Å². The van der Waals surface area contributed by atoms with E-state index in [4.69, 9.17) is 0 Å². The molecule has 5 heteroatoms. The number of phenols is 1. The van der Waals surface area contributed by atoms with Gasteiger partial charge in [0.2, 0.25) is 0 Å². The smallest absolute Gasteiger partial charge is 0.272 e. The fourth-order valence-corrected chi connectivity index (χ4v) is 4.19. The summed E-state index contributed by atoms with van der Waals surface area (Å²) in [4.78, 5) is 12.6. The molecule has 0 aliphatic heterocycles. The van der Waals surface area contributed by atoms with Gasteiger partial charge in [0, 0.05) is 26.6 Å². The molecular weight excluding hydrogens is 380 g/mol.